The van der Waals surface area contributed by atoms with Gasteiger partial charge < -0.3 is 15.4 Å². The number of amides is 1. The number of nitrogens with one attached hydrogen (secondary N) is 2. The van der Waals surface area contributed by atoms with Gasteiger partial charge in [-0.25, -0.2) is 4.79 Å². The Balaban J connectivity index is 1.74. The third-order valence-electron chi connectivity index (χ3n) is 2.98. The molecule has 1 aliphatic carbocycles. The molecule has 0 aliphatic heterocycles. The highest BCUT2D eigenvalue weighted by Gasteiger charge is 2.40. The minimum absolute atomic E-state index is 0.177. The minimum Gasteiger partial charge on any atom is -0.444 e. The third-order valence-corrected chi connectivity index (χ3v) is 4.78. The van der Waals surface area contributed by atoms with Crippen LogP contribution in [0.5, 0.6) is 0 Å². The van der Waals surface area contributed by atoms with E-state index >= 15 is 0 Å². The van der Waals surface area contributed by atoms with Crippen LogP contribution < -0.4 is 10.6 Å². The van der Waals surface area contributed by atoms with E-state index in [1.807, 2.05) is 20.8 Å². The van der Waals surface area contributed by atoms with Gasteiger partial charge in [-0.2, -0.15) is 0 Å². The first kappa shape index (κ1) is 15.8. The highest BCUT2D eigenvalue weighted by Crippen LogP contribution is 2.30. The van der Waals surface area contributed by atoms with E-state index in [-0.39, 0.29) is 12.1 Å². The van der Waals surface area contributed by atoms with E-state index in [2.05, 4.69) is 45.6 Å². The first-order chi connectivity index (χ1) is 9.24. The van der Waals surface area contributed by atoms with Gasteiger partial charge in [-0.1, -0.05) is 0 Å². The fraction of sp³-hybridized carbons (Fsp3) is 0.643. The Morgan fingerprint density at radius 2 is 2.15 bits per heavy atom. The Bertz CT molecular complexity index is 484. The van der Waals surface area contributed by atoms with E-state index in [1.165, 1.54) is 4.88 Å². The molecule has 112 valence electrons. The number of carbonyl (C=O) groups excluding carboxylic acids is 1. The maximum Gasteiger partial charge on any atom is 0.407 e. The van der Waals surface area contributed by atoms with Crippen molar-refractivity contribution in [2.45, 2.75) is 57.8 Å². The summed E-state index contributed by atoms with van der Waals surface area (Å²) in [7, 11) is 0. The molecule has 1 fully saturated rings. The van der Waals surface area contributed by atoms with Gasteiger partial charge in [0.25, 0.3) is 0 Å². The van der Waals surface area contributed by atoms with Gasteiger partial charge in [0, 0.05) is 23.0 Å². The van der Waals surface area contributed by atoms with Crippen molar-refractivity contribution >= 4 is 33.4 Å². The molecule has 1 amide bonds. The summed E-state index contributed by atoms with van der Waals surface area (Å²) in [6.45, 7) is 7.74. The van der Waals surface area contributed by atoms with E-state index in [9.17, 15) is 4.79 Å². The molecule has 2 rings (SSSR count). The van der Waals surface area contributed by atoms with Crippen molar-refractivity contribution in [3.8, 4) is 0 Å². The van der Waals surface area contributed by atoms with Crippen molar-refractivity contribution < 1.29 is 9.53 Å². The van der Waals surface area contributed by atoms with E-state index < -0.39 is 5.60 Å². The topological polar surface area (TPSA) is 50.4 Å². The smallest absolute Gasteiger partial charge is 0.407 e. The molecule has 0 radical (unpaired) electrons. The van der Waals surface area contributed by atoms with Crippen LogP contribution in [0, 0.1) is 0 Å². The third kappa shape index (κ3) is 4.75. The molecule has 0 spiro atoms. The first-order valence-corrected chi connectivity index (χ1v) is 8.36. The van der Waals surface area contributed by atoms with E-state index in [0.717, 1.165) is 10.2 Å². The summed E-state index contributed by atoms with van der Waals surface area (Å²) in [5.74, 6) is 0. The molecule has 1 saturated carbocycles. The van der Waals surface area contributed by atoms with Crippen LogP contribution in [0.15, 0.2) is 15.9 Å². The van der Waals surface area contributed by atoms with Crippen molar-refractivity contribution in [2.75, 3.05) is 0 Å². The van der Waals surface area contributed by atoms with E-state index in [1.54, 1.807) is 11.3 Å². The second-order valence-electron chi connectivity index (χ2n) is 6.13. The maximum atomic E-state index is 11.6. The summed E-state index contributed by atoms with van der Waals surface area (Å²) in [6.07, 6.45) is 0.620. The van der Waals surface area contributed by atoms with E-state index in [0.29, 0.717) is 12.1 Å². The maximum absolute atomic E-state index is 11.6. The van der Waals surface area contributed by atoms with Crippen molar-refractivity contribution in [3.05, 3.63) is 20.8 Å². The number of alkyl carbamates (subject to hydrolysis) is 1. The van der Waals surface area contributed by atoms with Gasteiger partial charge in [-0.15, -0.1) is 11.3 Å². The Kier molecular flexibility index (Phi) is 4.76. The van der Waals surface area contributed by atoms with Crippen LogP contribution in [-0.2, 0) is 4.74 Å². The van der Waals surface area contributed by atoms with Gasteiger partial charge in [0.05, 0.1) is 3.79 Å². The van der Waals surface area contributed by atoms with Crippen LogP contribution in [0.2, 0.25) is 0 Å². The molecule has 0 saturated heterocycles. The summed E-state index contributed by atoms with van der Waals surface area (Å²) < 4.78 is 6.39. The Morgan fingerprint density at radius 3 is 2.70 bits per heavy atom. The number of carbonyl (C=O) groups is 1. The van der Waals surface area contributed by atoms with Crippen LogP contribution in [0.1, 0.15) is 45.0 Å². The number of hydrogen-bond acceptors (Lipinski definition) is 4. The number of hydrogen-bond donors (Lipinski definition) is 2. The monoisotopic (exact) mass is 360 g/mol. The zero-order chi connectivity index (χ0) is 14.9. The fourth-order valence-corrected chi connectivity index (χ4v) is 3.40. The lowest BCUT2D eigenvalue weighted by molar-refractivity contribution is 0.0522. The summed E-state index contributed by atoms with van der Waals surface area (Å²) >= 11 is 5.20. The molecule has 1 aromatic heterocycles. The van der Waals surface area contributed by atoms with E-state index in [4.69, 9.17) is 4.74 Å². The van der Waals surface area contributed by atoms with Gasteiger partial charge in [-0.3, -0.25) is 0 Å². The second-order valence-corrected chi connectivity index (χ2v) is 8.62. The van der Waals surface area contributed by atoms with Gasteiger partial charge in [0.2, 0.25) is 0 Å². The van der Waals surface area contributed by atoms with Crippen LogP contribution in [0.25, 0.3) is 0 Å². The predicted molar refractivity (Wildman–Crippen MR) is 85.1 cm³/mol. The lowest BCUT2D eigenvalue weighted by atomic mass is 10.2. The second kappa shape index (κ2) is 6.03. The van der Waals surface area contributed by atoms with Crippen LogP contribution >= 0.6 is 27.3 Å². The fourth-order valence-electron chi connectivity index (χ4n) is 1.96. The number of rotatable bonds is 4. The minimum atomic E-state index is -0.446. The molecule has 1 heterocycles. The van der Waals surface area contributed by atoms with Crippen LogP contribution in [0.3, 0.4) is 0 Å². The number of ether oxygens (including phenoxy) is 1. The SMILES string of the molecule is CC(NC1CC1NC(=O)OC(C)(C)C)c1ccc(Br)s1. The standard InChI is InChI=1S/C14H21BrN2O2S/c1-8(11-5-6-12(15)20-11)16-9-7-10(9)17-13(18)19-14(2,3)4/h5-6,8-10,16H,7H2,1-4H3,(H,17,18). The zero-order valence-electron chi connectivity index (χ0n) is 12.2. The average Bonchev–Trinajstić information content (AvgIpc) is 2.83. The first-order valence-electron chi connectivity index (χ1n) is 6.75. The summed E-state index contributed by atoms with van der Waals surface area (Å²) in [6, 6.07) is 4.97. The molecule has 20 heavy (non-hydrogen) atoms. The molecule has 1 aromatic rings. The summed E-state index contributed by atoms with van der Waals surface area (Å²) in [5.41, 5.74) is -0.446. The number of thiophene rings is 1. The van der Waals surface area contributed by atoms with Crippen molar-refractivity contribution in [1.29, 1.82) is 0 Å². The Hall–Kier alpha value is -0.590. The summed E-state index contributed by atoms with van der Waals surface area (Å²) in [4.78, 5) is 12.9. The highest BCUT2D eigenvalue weighted by atomic mass is 79.9. The highest BCUT2D eigenvalue weighted by molar-refractivity contribution is 9.11. The quantitative estimate of drug-likeness (QED) is 0.857. The lowest BCUT2D eigenvalue weighted by Crippen LogP contribution is -2.37. The Labute approximate surface area is 132 Å². The molecule has 1 aliphatic rings. The largest absolute Gasteiger partial charge is 0.444 e. The predicted octanol–water partition coefficient (Wildman–Crippen LogP) is 3.83. The van der Waals surface area contributed by atoms with Crippen molar-refractivity contribution in [1.82, 2.24) is 10.6 Å². The molecule has 3 unspecified atom stereocenters. The molecule has 0 bridgehead atoms. The number of halogens is 1. The van der Waals surface area contributed by atoms with Crippen molar-refractivity contribution in [2.24, 2.45) is 0 Å². The normalized spacial score (nSPS) is 23.2. The van der Waals surface area contributed by atoms with Gasteiger partial charge in [0.1, 0.15) is 5.60 Å². The molecule has 0 aromatic carbocycles. The van der Waals surface area contributed by atoms with Crippen molar-refractivity contribution in [3.63, 3.8) is 0 Å². The molecular weight excluding hydrogens is 340 g/mol. The van der Waals surface area contributed by atoms with Gasteiger partial charge in [0.15, 0.2) is 0 Å². The van der Waals surface area contributed by atoms with Gasteiger partial charge in [-0.05, 0) is 62.2 Å². The average molecular weight is 361 g/mol. The van der Waals surface area contributed by atoms with Crippen LogP contribution in [-0.4, -0.2) is 23.8 Å². The zero-order valence-corrected chi connectivity index (χ0v) is 14.6. The lowest BCUT2D eigenvalue weighted by Gasteiger charge is -2.20. The van der Waals surface area contributed by atoms with Gasteiger partial charge >= 0.3 is 6.09 Å². The molecular formula is C14H21BrN2O2S. The van der Waals surface area contributed by atoms with Crippen LogP contribution in [0.4, 0.5) is 4.79 Å². The summed E-state index contributed by atoms with van der Waals surface area (Å²) in [5, 5.41) is 6.41. The molecule has 4 nitrogen and oxygen atoms in total. The Morgan fingerprint density at radius 1 is 1.45 bits per heavy atom. The molecule has 2 N–H and O–H groups in total. The molecule has 3 atom stereocenters. The molecule has 6 heteroatoms.